The molecule has 0 spiro atoms. The second-order valence-corrected chi connectivity index (χ2v) is 5.65. The Labute approximate surface area is 121 Å². The molecule has 0 aromatic heterocycles. The topological polar surface area (TPSA) is 65.1 Å². The second kappa shape index (κ2) is 6.25. The number of hydrogen-bond donors (Lipinski definition) is 2. The summed E-state index contributed by atoms with van der Waals surface area (Å²) in [5.41, 5.74) is 7.49. The summed E-state index contributed by atoms with van der Waals surface area (Å²) in [5, 5.41) is 11.8. The van der Waals surface area contributed by atoms with Gasteiger partial charge in [0.15, 0.2) is 5.84 Å². The van der Waals surface area contributed by atoms with Gasteiger partial charge in [0, 0.05) is 35.4 Å². The van der Waals surface area contributed by atoms with Gasteiger partial charge in [-0.25, -0.2) is 0 Å². The van der Waals surface area contributed by atoms with Crippen LogP contribution in [-0.2, 0) is 0 Å². The van der Waals surface area contributed by atoms with Crippen molar-refractivity contribution in [2.24, 2.45) is 10.9 Å². The van der Waals surface area contributed by atoms with Crippen LogP contribution in [0.5, 0.6) is 0 Å². The van der Waals surface area contributed by atoms with Crippen molar-refractivity contribution in [3.8, 4) is 0 Å². The molecule has 1 aliphatic heterocycles. The van der Waals surface area contributed by atoms with Crippen LogP contribution in [0.4, 0.5) is 5.69 Å². The van der Waals surface area contributed by atoms with Crippen LogP contribution in [0.3, 0.4) is 0 Å². The molecular formula is C13H19BrN4O. The standard InChI is InChI=1S/C13H19BrN4O/c1-17-5-2-6-18(8-7-17)10-3-4-11(12(14)9-10)13(15)16-19/h3-4,9,19H,2,5-8H2,1H3,(H2,15,16). The average Bonchev–Trinajstić information content (AvgIpc) is 2.62. The van der Waals surface area contributed by atoms with Crippen LogP contribution < -0.4 is 10.6 Å². The van der Waals surface area contributed by atoms with Crippen LogP contribution in [0, 0.1) is 0 Å². The van der Waals surface area contributed by atoms with E-state index in [9.17, 15) is 0 Å². The summed E-state index contributed by atoms with van der Waals surface area (Å²) in [5.74, 6) is 0.119. The normalized spacial score (nSPS) is 18.4. The molecule has 0 unspecified atom stereocenters. The number of anilines is 1. The molecule has 0 amide bonds. The highest BCUT2D eigenvalue weighted by Gasteiger charge is 2.14. The van der Waals surface area contributed by atoms with E-state index < -0.39 is 0 Å². The van der Waals surface area contributed by atoms with E-state index in [2.05, 4.69) is 37.9 Å². The predicted molar refractivity (Wildman–Crippen MR) is 81.0 cm³/mol. The first kappa shape index (κ1) is 14.1. The lowest BCUT2D eigenvalue weighted by atomic mass is 10.1. The van der Waals surface area contributed by atoms with Gasteiger partial charge in [0.1, 0.15) is 0 Å². The zero-order chi connectivity index (χ0) is 13.8. The third-order valence-electron chi connectivity index (χ3n) is 3.42. The fraction of sp³-hybridized carbons (Fsp3) is 0.462. The molecule has 1 aliphatic rings. The van der Waals surface area contributed by atoms with Gasteiger partial charge in [-0.1, -0.05) is 5.16 Å². The third-order valence-corrected chi connectivity index (χ3v) is 4.08. The highest BCUT2D eigenvalue weighted by atomic mass is 79.9. The molecule has 3 N–H and O–H groups in total. The highest BCUT2D eigenvalue weighted by molar-refractivity contribution is 9.10. The molecule has 6 heteroatoms. The van der Waals surface area contributed by atoms with Crippen LogP contribution in [0.2, 0.25) is 0 Å². The Balaban J connectivity index is 2.19. The molecule has 0 atom stereocenters. The molecule has 1 fully saturated rings. The average molecular weight is 327 g/mol. The maximum Gasteiger partial charge on any atom is 0.171 e. The number of rotatable bonds is 2. The zero-order valence-corrected chi connectivity index (χ0v) is 12.6. The van der Waals surface area contributed by atoms with Gasteiger partial charge in [-0.2, -0.15) is 0 Å². The SMILES string of the molecule is CN1CCCN(c2ccc(/C(N)=N/O)c(Br)c2)CC1. The number of nitrogens with two attached hydrogens (primary N) is 1. The first-order valence-corrected chi connectivity index (χ1v) is 7.12. The molecule has 0 bridgehead atoms. The number of amidine groups is 1. The Hall–Kier alpha value is -1.27. The van der Waals surface area contributed by atoms with Gasteiger partial charge in [-0.3, -0.25) is 0 Å². The molecule has 104 valence electrons. The van der Waals surface area contributed by atoms with Gasteiger partial charge in [0.2, 0.25) is 0 Å². The molecule has 0 aliphatic carbocycles. The minimum absolute atomic E-state index is 0.119. The second-order valence-electron chi connectivity index (χ2n) is 4.79. The number of oxime groups is 1. The molecule has 19 heavy (non-hydrogen) atoms. The van der Waals surface area contributed by atoms with Gasteiger partial charge in [0.05, 0.1) is 0 Å². The van der Waals surface area contributed by atoms with Gasteiger partial charge >= 0.3 is 0 Å². The Morgan fingerprint density at radius 3 is 2.79 bits per heavy atom. The van der Waals surface area contributed by atoms with Crippen LogP contribution in [-0.4, -0.2) is 49.2 Å². The van der Waals surface area contributed by atoms with Gasteiger partial charge in [-0.05, 0) is 54.1 Å². The van der Waals surface area contributed by atoms with Crippen molar-refractivity contribution in [3.63, 3.8) is 0 Å². The molecular weight excluding hydrogens is 308 g/mol. The van der Waals surface area contributed by atoms with E-state index >= 15 is 0 Å². The zero-order valence-electron chi connectivity index (χ0n) is 11.0. The molecule has 1 aromatic carbocycles. The maximum absolute atomic E-state index is 8.72. The fourth-order valence-corrected chi connectivity index (χ4v) is 2.84. The molecule has 1 aromatic rings. The summed E-state index contributed by atoms with van der Waals surface area (Å²) in [6, 6.07) is 5.92. The van der Waals surface area contributed by atoms with Gasteiger partial charge in [-0.15, -0.1) is 0 Å². The summed E-state index contributed by atoms with van der Waals surface area (Å²) >= 11 is 3.48. The van der Waals surface area contributed by atoms with E-state index in [1.807, 2.05) is 18.2 Å². The minimum Gasteiger partial charge on any atom is -0.409 e. The third kappa shape index (κ3) is 3.39. The first-order chi connectivity index (χ1) is 9.11. The summed E-state index contributed by atoms with van der Waals surface area (Å²) in [6.07, 6.45) is 1.16. The summed E-state index contributed by atoms with van der Waals surface area (Å²) < 4.78 is 0.845. The van der Waals surface area contributed by atoms with E-state index in [1.54, 1.807) is 0 Å². The van der Waals surface area contributed by atoms with Crippen LogP contribution in [0.25, 0.3) is 0 Å². The maximum atomic E-state index is 8.72. The Morgan fingerprint density at radius 2 is 2.11 bits per heavy atom. The summed E-state index contributed by atoms with van der Waals surface area (Å²) in [7, 11) is 2.15. The quantitative estimate of drug-likeness (QED) is 0.375. The lowest BCUT2D eigenvalue weighted by molar-refractivity contribution is 0.318. The van der Waals surface area contributed by atoms with Crippen LogP contribution >= 0.6 is 15.9 Å². The van der Waals surface area contributed by atoms with E-state index in [0.29, 0.717) is 5.56 Å². The predicted octanol–water partition coefficient (Wildman–Crippen LogP) is 1.69. The van der Waals surface area contributed by atoms with Crippen molar-refractivity contribution in [1.82, 2.24) is 4.90 Å². The molecule has 0 radical (unpaired) electrons. The highest BCUT2D eigenvalue weighted by Crippen LogP contribution is 2.25. The largest absolute Gasteiger partial charge is 0.409 e. The van der Waals surface area contributed by atoms with Crippen molar-refractivity contribution >= 4 is 27.5 Å². The van der Waals surface area contributed by atoms with Crippen molar-refractivity contribution in [3.05, 3.63) is 28.2 Å². The van der Waals surface area contributed by atoms with Gasteiger partial charge in [0.25, 0.3) is 0 Å². The van der Waals surface area contributed by atoms with E-state index in [4.69, 9.17) is 10.9 Å². The van der Waals surface area contributed by atoms with Crippen LogP contribution in [0.1, 0.15) is 12.0 Å². The lowest BCUT2D eigenvalue weighted by Gasteiger charge is -2.23. The molecule has 0 saturated carbocycles. The van der Waals surface area contributed by atoms with Crippen molar-refractivity contribution < 1.29 is 5.21 Å². The lowest BCUT2D eigenvalue weighted by Crippen LogP contribution is -2.28. The first-order valence-electron chi connectivity index (χ1n) is 6.33. The minimum atomic E-state index is 0.119. The van der Waals surface area contributed by atoms with Gasteiger partial charge < -0.3 is 20.7 Å². The number of nitrogens with zero attached hydrogens (tertiary/aromatic N) is 3. The Bertz CT molecular complexity index is 478. The monoisotopic (exact) mass is 326 g/mol. The number of likely N-dealkylation sites (N-methyl/N-ethyl adjacent to an activating group) is 1. The van der Waals surface area contributed by atoms with E-state index in [1.165, 1.54) is 0 Å². The summed E-state index contributed by atoms with van der Waals surface area (Å²) in [6.45, 7) is 4.28. The smallest absolute Gasteiger partial charge is 0.171 e. The van der Waals surface area contributed by atoms with Crippen LogP contribution in [0.15, 0.2) is 27.8 Å². The van der Waals surface area contributed by atoms with Crippen molar-refractivity contribution in [2.45, 2.75) is 6.42 Å². The number of hydrogen-bond acceptors (Lipinski definition) is 4. The number of halogens is 1. The van der Waals surface area contributed by atoms with Crippen molar-refractivity contribution in [1.29, 1.82) is 0 Å². The molecule has 5 nitrogen and oxygen atoms in total. The van der Waals surface area contributed by atoms with E-state index in [-0.39, 0.29) is 5.84 Å². The Kier molecular flexibility index (Phi) is 4.66. The summed E-state index contributed by atoms with van der Waals surface area (Å²) in [4.78, 5) is 4.71. The van der Waals surface area contributed by atoms with E-state index in [0.717, 1.165) is 42.8 Å². The number of benzene rings is 1. The fourth-order valence-electron chi connectivity index (χ4n) is 2.27. The molecule has 2 rings (SSSR count). The Morgan fingerprint density at radius 1 is 1.32 bits per heavy atom. The molecule has 1 saturated heterocycles. The van der Waals surface area contributed by atoms with Crippen molar-refractivity contribution in [2.75, 3.05) is 38.1 Å². The molecule has 1 heterocycles.